The second-order valence-corrected chi connectivity index (χ2v) is 9.74. The predicted octanol–water partition coefficient (Wildman–Crippen LogP) is 4.83. The van der Waals surface area contributed by atoms with E-state index in [1.807, 2.05) is 24.4 Å². The van der Waals surface area contributed by atoms with Crippen molar-refractivity contribution < 1.29 is 9.90 Å². The highest BCUT2D eigenvalue weighted by Gasteiger charge is 2.49. The monoisotopic (exact) mass is 456 g/mol. The number of benzene rings is 2. The van der Waals surface area contributed by atoms with Crippen molar-refractivity contribution >= 4 is 17.5 Å². The molecule has 4 N–H and O–H groups in total. The molecule has 0 spiro atoms. The number of aliphatic carboxylic acids is 1. The quantitative estimate of drug-likeness (QED) is 0.369. The molecule has 0 radical (unpaired) electrons. The van der Waals surface area contributed by atoms with Gasteiger partial charge in [-0.05, 0) is 54.0 Å². The van der Waals surface area contributed by atoms with E-state index in [4.69, 9.17) is 0 Å². The van der Waals surface area contributed by atoms with Crippen molar-refractivity contribution in [2.75, 3.05) is 23.7 Å². The summed E-state index contributed by atoms with van der Waals surface area (Å²) in [6, 6.07) is 23.2. The van der Waals surface area contributed by atoms with E-state index >= 15 is 0 Å². The average Bonchev–Trinajstić information content (AvgIpc) is 3.65. The van der Waals surface area contributed by atoms with Gasteiger partial charge in [-0.25, -0.2) is 4.98 Å². The molecular formula is C28H32N4O2. The molecule has 2 aromatic carbocycles. The minimum atomic E-state index is -0.664. The Morgan fingerprint density at radius 1 is 1.12 bits per heavy atom. The van der Waals surface area contributed by atoms with Gasteiger partial charge in [0.05, 0.1) is 23.2 Å². The van der Waals surface area contributed by atoms with Crippen molar-refractivity contribution in [3.8, 4) is 0 Å². The molecule has 0 unspecified atom stereocenters. The molecule has 6 nitrogen and oxygen atoms in total. The molecule has 0 bridgehead atoms. The summed E-state index contributed by atoms with van der Waals surface area (Å²) >= 11 is 0. The maximum atomic E-state index is 11.6. The molecule has 3 atom stereocenters. The minimum absolute atomic E-state index is 0.108. The molecule has 1 aromatic heterocycles. The van der Waals surface area contributed by atoms with Gasteiger partial charge in [-0.15, -0.1) is 0 Å². The molecule has 1 aliphatic carbocycles. The lowest BCUT2D eigenvalue weighted by Crippen LogP contribution is -2.45. The summed E-state index contributed by atoms with van der Waals surface area (Å²) in [5.74, 6) is 0.505. The van der Waals surface area contributed by atoms with Gasteiger partial charge in [-0.2, -0.15) is 0 Å². The normalized spacial score (nSPS) is 19.7. The van der Waals surface area contributed by atoms with Crippen LogP contribution >= 0.6 is 0 Å². The Hall–Kier alpha value is -3.38. The maximum absolute atomic E-state index is 11.6. The van der Waals surface area contributed by atoms with E-state index in [1.165, 1.54) is 11.1 Å². The molecule has 1 fully saturated rings. The van der Waals surface area contributed by atoms with Crippen molar-refractivity contribution in [2.24, 2.45) is 5.41 Å². The smallest absolute Gasteiger partial charge is 0.309 e. The lowest BCUT2D eigenvalue weighted by molar-refractivity contribution is -0.143. The molecule has 176 valence electrons. The van der Waals surface area contributed by atoms with Crippen LogP contribution in [-0.2, 0) is 11.2 Å². The van der Waals surface area contributed by atoms with Crippen LogP contribution in [0.15, 0.2) is 72.9 Å². The van der Waals surface area contributed by atoms with Crippen LogP contribution in [0.3, 0.4) is 0 Å². The number of aromatic nitrogens is 1. The molecule has 0 amide bonds. The largest absolute Gasteiger partial charge is 0.481 e. The lowest BCUT2D eigenvalue weighted by atomic mass is 9.92. The van der Waals surface area contributed by atoms with Gasteiger partial charge in [-0.1, -0.05) is 61.5 Å². The van der Waals surface area contributed by atoms with Crippen LogP contribution in [-0.4, -0.2) is 35.2 Å². The SMILES string of the molecule is C[C@@H](CN[C@H](c1ccccc1)[C@H]1CNc2cccnc2N1)c1cccc(CC2(C(=O)O)CC2)c1. The summed E-state index contributed by atoms with van der Waals surface area (Å²) in [6.45, 7) is 3.83. The fourth-order valence-electron chi connectivity index (χ4n) is 4.90. The van der Waals surface area contributed by atoms with E-state index in [0.29, 0.717) is 6.42 Å². The molecule has 1 aliphatic heterocycles. The first-order chi connectivity index (χ1) is 16.5. The highest BCUT2D eigenvalue weighted by Crippen LogP contribution is 2.48. The highest BCUT2D eigenvalue weighted by molar-refractivity contribution is 5.78. The van der Waals surface area contributed by atoms with Gasteiger partial charge in [-0.3, -0.25) is 4.79 Å². The van der Waals surface area contributed by atoms with Crippen LogP contribution in [0.1, 0.15) is 48.4 Å². The van der Waals surface area contributed by atoms with Crippen molar-refractivity contribution in [1.29, 1.82) is 0 Å². The van der Waals surface area contributed by atoms with Crippen LogP contribution in [0, 0.1) is 5.41 Å². The predicted molar refractivity (Wildman–Crippen MR) is 135 cm³/mol. The fraction of sp³-hybridized carbons (Fsp3) is 0.357. The van der Waals surface area contributed by atoms with Gasteiger partial charge < -0.3 is 21.1 Å². The number of nitrogens with zero attached hydrogens (tertiary/aromatic N) is 1. The van der Waals surface area contributed by atoms with Crippen LogP contribution in [0.5, 0.6) is 0 Å². The van der Waals surface area contributed by atoms with Gasteiger partial charge in [0.25, 0.3) is 0 Å². The first kappa shape index (κ1) is 22.4. The molecule has 34 heavy (non-hydrogen) atoms. The number of hydrogen-bond donors (Lipinski definition) is 4. The van der Waals surface area contributed by atoms with E-state index in [2.05, 4.69) is 76.4 Å². The lowest BCUT2D eigenvalue weighted by Gasteiger charge is -2.35. The molecular weight excluding hydrogens is 424 g/mol. The van der Waals surface area contributed by atoms with Crippen LogP contribution in [0.2, 0.25) is 0 Å². The molecule has 2 aliphatic rings. The summed E-state index contributed by atoms with van der Waals surface area (Å²) in [7, 11) is 0. The van der Waals surface area contributed by atoms with Gasteiger partial charge in [0.2, 0.25) is 0 Å². The van der Waals surface area contributed by atoms with Crippen molar-refractivity contribution in [3.05, 3.63) is 89.6 Å². The molecule has 6 heteroatoms. The fourth-order valence-corrected chi connectivity index (χ4v) is 4.90. The third-order valence-electron chi connectivity index (χ3n) is 7.22. The Labute approximate surface area is 200 Å². The Kier molecular flexibility index (Phi) is 6.24. The minimum Gasteiger partial charge on any atom is -0.481 e. The number of anilines is 2. The van der Waals surface area contributed by atoms with Gasteiger partial charge in [0.1, 0.15) is 5.82 Å². The zero-order chi connectivity index (χ0) is 23.5. The number of carboxylic acids is 1. The second kappa shape index (κ2) is 9.47. The summed E-state index contributed by atoms with van der Waals surface area (Å²) < 4.78 is 0. The van der Waals surface area contributed by atoms with E-state index in [9.17, 15) is 9.90 Å². The van der Waals surface area contributed by atoms with E-state index in [1.54, 1.807) is 0 Å². The van der Waals surface area contributed by atoms with Crippen molar-refractivity contribution in [3.63, 3.8) is 0 Å². The number of carbonyl (C=O) groups is 1. The summed E-state index contributed by atoms with van der Waals surface area (Å²) in [4.78, 5) is 16.1. The number of pyridine rings is 1. The third kappa shape index (κ3) is 4.77. The molecule has 2 heterocycles. The summed E-state index contributed by atoms with van der Waals surface area (Å²) in [5.41, 5.74) is 4.08. The van der Waals surface area contributed by atoms with E-state index in [0.717, 1.165) is 43.0 Å². The number of carboxylic acid groups (broad SMARTS) is 1. The molecule has 3 aromatic rings. The molecule has 0 saturated heterocycles. The standard InChI is InChI=1S/C28H32N4O2/c1-19(22-10-5-7-20(15-22)16-28(12-13-28)27(33)34)17-31-25(21-8-3-2-4-9-21)24-18-30-23-11-6-14-29-26(23)32-24/h2-11,14-15,19,24-25,30-31H,12-13,16-18H2,1H3,(H,29,32)(H,33,34)/t19-,24+,25+/m0/s1. The Balaban J connectivity index is 1.29. The topological polar surface area (TPSA) is 86.3 Å². The van der Waals surface area contributed by atoms with Crippen molar-refractivity contribution in [2.45, 2.75) is 44.2 Å². The van der Waals surface area contributed by atoms with Crippen LogP contribution < -0.4 is 16.0 Å². The second-order valence-electron chi connectivity index (χ2n) is 9.74. The first-order valence-corrected chi connectivity index (χ1v) is 12.1. The van der Waals surface area contributed by atoms with Crippen LogP contribution in [0.4, 0.5) is 11.5 Å². The Morgan fingerprint density at radius 2 is 1.91 bits per heavy atom. The first-order valence-electron chi connectivity index (χ1n) is 12.1. The zero-order valence-corrected chi connectivity index (χ0v) is 19.5. The van der Waals surface area contributed by atoms with E-state index in [-0.39, 0.29) is 18.0 Å². The summed E-state index contributed by atoms with van der Waals surface area (Å²) in [6.07, 6.45) is 3.99. The Bertz CT molecular complexity index is 1150. The molecule has 1 saturated carbocycles. The number of nitrogens with one attached hydrogen (secondary N) is 3. The number of fused-ring (bicyclic) bond motifs is 1. The van der Waals surface area contributed by atoms with Crippen molar-refractivity contribution in [1.82, 2.24) is 10.3 Å². The zero-order valence-electron chi connectivity index (χ0n) is 19.5. The average molecular weight is 457 g/mol. The highest BCUT2D eigenvalue weighted by atomic mass is 16.4. The Morgan fingerprint density at radius 3 is 2.68 bits per heavy atom. The maximum Gasteiger partial charge on any atom is 0.309 e. The number of hydrogen-bond acceptors (Lipinski definition) is 5. The molecule has 5 rings (SSSR count). The van der Waals surface area contributed by atoms with Gasteiger partial charge in [0.15, 0.2) is 0 Å². The summed E-state index contributed by atoms with van der Waals surface area (Å²) in [5, 5.41) is 20.5. The van der Waals surface area contributed by atoms with Gasteiger partial charge >= 0.3 is 5.97 Å². The van der Waals surface area contributed by atoms with Gasteiger partial charge in [0, 0.05) is 19.3 Å². The van der Waals surface area contributed by atoms with Crippen LogP contribution in [0.25, 0.3) is 0 Å². The third-order valence-corrected chi connectivity index (χ3v) is 7.22. The van der Waals surface area contributed by atoms with E-state index < -0.39 is 11.4 Å². The number of rotatable bonds is 9.